The van der Waals surface area contributed by atoms with E-state index in [1.54, 1.807) is 25.1 Å². The van der Waals surface area contributed by atoms with Crippen molar-refractivity contribution in [2.24, 2.45) is 3.77 Å². The summed E-state index contributed by atoms with van der Waals surface area (Å²) in [5.41, 5.74) is 0.822. The van der Waals surface area contributed by atoms with Crippen LogP contribution in [0.2, 0.25) is 0 Å². The number of nitrogens with zero attached hydrogens (tertiary/aromatic N) is 2. The fourth-order valence-corrected chi connectivity index (χ4v) is 10.3. The molecule has 0 saturated carbocycles. The normalized spacial score (nSPS) is 13.9. The molecule has 0 bridgehead atoms. The molecule has 1 aromatic heterocycles. The zero-order valence-electron chi connectivity index (χ0n) is 16.1. The molecule has 12 heteroatoms. The van der Waals surface area contributed by atoms with Crippen molar-refractivity contribution in [3.63, 3.8) is 0 Å². The molecule has 0 amide bonds. The number of hydrogen-bond donors (Lipinski definition) is 0. The Morgan fingerprint density at radius 2 is 1.61 bits per heavy atom. The molecular weight excluding hydrogens is 544 g/mol. The van der Waals surface area contributed by atoms with Crippen molar-refractivity contribution in [3.8, 4) is 6.07 Å². The molecule has 0 fully saturated rings. The number of sulfonamides is 1. The van der Waals surface area contributed by atoms with Crippen LogP contribution >= 0.6 is 27.3 Å². The molecule has 3 aromatic rings. The molecule has 0 aliphatic rings. The van der Waals surface area contributed by atoms with Gasteiger partial charge >= 0.3 is 0 Å². The molecule has 1 atom stereocenters. The minimum Gasteiger partial charge on any atom is -0.239 e. The van der Waals surface area contributed by atoms with Gasteiger partial charge < -0.3 is 0 Å². The molecule has 0 saturated heterocycles. The second-order valence-corrected chi connectivity index (χ2v) is 14.7. The zero-order valence-corrected chi connectivity index (χ0v) is 21.0. The van der Waals surface area contributed by atoms with Crippen molar-refractivity contribution in [3.05, 3.63) is 69.5 Å². The molecule has 7 nitrogen and oxygen atoms in total. The third kappa shape index (κ3) is 4.91. The van der Waals surface area contributed by atoms with Gasteiger partial charge in [-0.15, -0.1) is 11.3 Å². The van der Waals surface area contributed by atoms with Gasteiger partial charge in [-0.3, -0.25) is 0 Å². The molecule has 0 N–H and O–H groups in total. The largest absolute Gasteiger partial charge is 0.290 e. The zero-order chi connectivity index (χ0) is 23.0. The highest BCUT2D eigenvalue weighted by Crippen LogP contribution is 2.37. The van der Waals surface area contributed by atoms with Gasteiger partial charge in [-0.05, 0) is 43.3 Å². The van der Waals surface area contributed by atoms with Gasteiger partial charge in [0.2, 0.25) is 0 Å². The molecule has 3 rings (SSSR count). The lowest BCUT2D eigenvalue weighted by atomic mass is 10.2. The lowest BCUT2D eigenvalue weighted by molar-refractivity contribution is 0.596. The van der Waals surface area contributed by atoms with E-state index in [1.807, 2.05) is 6.07 Å². The Hall–Kier alpha value is -2.04. The lowest BCUT2D eigenvalue weighted by Crippen LogP contribution is -2.10. The van der Waals surface area contributed by atoms with Gasteiger partial charge in [-0.2, -0.15) is 13.7 Å². The first-order chi connectivity index (χ1) is 14.4. The van der Waals surface area contributed by atoms with Gasteiger partial charge in [-0.25, -0.2) is 12.6 Å². The van der Waals surface area contributed by atoms with Crippen molar-refractivity contribution < 1.29 is 21.0 Å². The fraction of sp³-hybridized carbons (Fsp3) is 0.105. The minimum atomic E-state index is -4.44. The Labute approximate surface area is 193 Å². The number of hydrogen-bond acceptors (Lipinski definition) is 7. The first-order valence-electron chi connectivity index (χ1n) is 8.46. The highest BCUT2D eigenvalue weighted by atomic mass is 79.9. The molecule has 31 heavy (non-hydrogen) atoms. The third-order valence-corrected chi connectivity index (χ3v) is 12.0. The van der Waals surface area contributed by atoms with Crippen LogP contribution in [0.1, 0.15) is 10.4 Å². The van der Waals surface area contributed by atoms with E-state index in [-0.39, 0.29) is 23.8 Å². The van der Waals surface area contributed by atoms with Crippen molar-refractivity contribution in [2.45, 2.75) is 25.8 Å². The number of sulfone groups is 1. The SMILES string of the molecule is Cc1ccc(S(=O)(=O)N=S(=O)(c2cccc(Br)c2)c2cc(C#N)sc2S(C)(=O)=O)cc1. The van der Waals surface area contributed by atoms with Gasteiger partial charge in [0, 0.05) is 10.7 Å². The van der Waals surface area contributed by atoms with E-state index < -0.39 is 29.6 Å². The van der Waals surface area contributed by atoms with Gasteiger partial charge in [-0.1, -0.05) is 43.5 Å². The minimum absolute atomic E-state index is 0.00949. The van der Waals surface area contributed by atoms with Gasteiger partial charge in [0.05, 0.1) is 14.7 Å². The number of aryl methyl sites for hydroxylation is 1. The second-order valence-electron chi connectivity index (χ2n) is 6.49. The third-order valence-electron chi connectivity index (χ3n) is 4.05. The molecule has 0 aliphatic heterocycles. The van der Waals surface area contributed by atoms with Gasteiger partial charge in [0.25, 0.3) is 10.0 Å². The number of benzene rings is 2. The van der Waals surface area contributed by atoms with E-state index in [4.69, 9.17) is 0 Å². The Balaban J connectivity index is 2.46. The summed E-state index contributed by atoms with van der Waals surface area (Å²) in [5.74, 6) is 0. The average molecular weight is 560 g/mol. The maximum Gasteiger partial charge on any atom is 0.290 e. The van der Waals surface area contributed by atoms with Crippen LogP contribution in [0.4, 0.5) is 0 Å². The Kier molecular flexibility index (Phi) is 6.46. The summed E-state index contributed by atoms with van der Waals surface area (Å²) in [6.45, 7) is 1.78. The highest BCUT2D eigenvalue weighted by molar-refractivity contribution is 9.10. The molecule has 1 heterocycles. The van der Waals surface area contributed by atoms with E-state index in [1.165, 1.54) is 30.3 Å². The van der Waals surface area contributed by atoms with Crippen LogP contribution in [0, 0.1) is 18.3 Å². The van der Waals surface area contributed by atoms with Crippen LogP contribution in [0.3, 0.4) is 0 Å². The monoisotopic (exact) mass is 558 g/mol. The highest BCUT2D eigenvalue weighted by Gasteiger charge is 2.31. The Morgan fingerprint density at radius 1 is 0.968 bits per heavy atom. The van der Waals surface area contributed by atoms with E-state index in [9.17, 15) is 26.3 Å². The number of halogens is 1. The Bertz CT molecular complexity index is 1540. The van der Waals surface area contributed by atoms with Crippen LogP contribution in [0.15, 0.2) is 81.7 Å². The van der Waals surface area contributed by atoms with Crippen molar-refractivity contribution >= 4 is 56.9 Å². The predicted molar refractivity (Wildman–Crippen MR) is 122 cm³/mol. The van der Waals surface area contributed by atoms with Crippen LogP contribution in [-0.2, 0) is 29.6 Å². The second kappa shape index (κ2) is 8.48. The molecule has 2 aromatic carbocycles. The average Bonchev–Trinajstić information content (AvgIpc) is 3.14. The summed E-state index contributed by atoms with van der Waals surface area (Å²) in [6, 6.07) is 14.7. The first kappa shape index (κ1) is 23.6. The fourth-order valence-electron chi connectivity index (χ4n) is 2.60. The smallest absolute Gasteiger partial charge is 0.239 e. The summed E-state index contributed by atoms with van der Waals surface area (Å²) in [6.07, 6.45) is 0.902. The number of nitriles is 1. The standard InChI is InChI=1S/C19H15BrN2O5S4/c1-13-6-8-16(9-7-13)31(26,27)22-30(25,17-5-3-4-14(20)10-17)18-11-15(12-21)28-19(18)29(2,23)24/h3-11H,1-2H3. The summed E-state index contributed by atoms with van der Waals surface area (Å²) in [5, 5.41) is 9.27. The number of rotatable bonds is 5. The quantitative estimate of drug-likeness (QED) is 0.458. The molecule has 1 unspecified atom stereocenters. The van der Waals surface area contributed by atoms with Gasteiger partial charge in [0.1, 0.15) is 24.9 Å². The molecule has 0 radical (unpaired) electrons. The maximum atomic E-state index is 14.3. The summed E-state index contributed by atoms with van der Waals surface area (Å²) in [7, 11) is -12.4. The topological polar surface area (TPSA) is 122 Å². The maximum absolute atomic E-state index is 14.3. The van der Waals surface area contributed by atoms with Crippen LogP contribution in [0.5, 0.6) is 0 Å². The predicted octanol–water partition coefficient (Wildman–Crippen LogP) is 4.37. The first-order valence-corrected chi connectivity index (χ1v) is 14.9. The van der Waals surface area contributed by atoms with Crippen LogP contribution in [0.25, 0.3) is 0 Å². The number of thiophene rings is 1. The van der Waals surface area contributed by atoms with Crippen molar-refractivity contribution in [2.75, 3.05) is 6.26 Å². The van der Waals surface area contributed by atoms with Crippen LogP contribution in [-0.4, -0.2) is 27.3 Å². The molecule has 162 valence electrons. The summed E-state index contributed by atoms with van der Waals surface area (Å²) >= 11 is 3.87. The Morgan fingerprint density at radius 3 is 2.16 bits per heavy atom. The van der Waals surface area contributed by atoms with Crippen molar-refractivity contribution in [1.29, 1.82) is 5.26 Å². The van der Waals surface area contributed by atoms with E-state index in [2.05, 4.69) is 19.7 Å². The van der Waals surface area contributed by atoms with E-state index in [0.29, 0.717) is 15.8 Å². The lowest BCUT2D eigenvalue weighted by Gasteiger charge is -2.12. The van der Waals surface area contributed by atoms with Crippen LogP contribution < -0.4 is 0 Å². The summed E-state index contributed by atoms with van der Waals surface area (Å²) in [4.78, 5) is -0.548. The van der Waals surface area contributed by atoms with Crippen molar-refractivity contribution in [1.82, 2.24) is 0 Å². The van der Waals surface area contributed by atoms with E-state index in [0.717, 1.165) is 17.9 Å². The van der Waals surface area contributed by atoms with E-state index >= 15 is 0 Å². The molecule has 0 aliphatic carbocycles. The molecular formula is C19H15BrN2O5S4. The molecule has 0 spiro atoms. The summed E-state index contributed by atoms with van der Waals surface area (Å²) < 4.78 is 69.0. The van der Waals surface area contributed by atoms with Gasteiger partial charge in [0.15, 0.2) is 9.84 Å².